The molecule has 4 rings (SSSR count). The van der Waals surface area contributed by atoms with Gasteiger partial charge in [0.1, 0.15) is 6.54 Å². The summed E-state index contributed by atoms with van der Waals surface area (Å²) in [4.78, 5) is 25.2. The molecule has 0 aliphatic carbocycles. The zero-order valence-corrected chi connectivity index (χ0v) is 15.5. The van der Waals surface area contributed by atoms with Crippen molar-refractivity contribution in [2.24, 2.45) is 5.92 Å². The fourth-order valence-electron chi connectivity index (χ4n) is 3.62. The summed E-state index contributed by atoms with van der Waals surface area (Å²) < 4.78 is 1.88. The minimum atomic E-state index is -0.427. The molecule has 0 saturated carbocycles. The predicted octanol–water partition coefficient (Wildman–Crippen LogP) is 1.27. The lowest BCUT2D eigenvalue weighted by Crippen LogP contribution is -2.36. The average molecular weight is 388 g/mol. The summed E-state index contributed by atoms with van der Waals surface area (Å²) in [5.74, 6) is -0.107. The van der Waals surface area contributed by atoms with E-state index in [0.717, 1.165) is 11.0 Å². The second-order valence-corrected chi connectivity index (χ2v) is 6.74. The van der Waals surface area contributed by atoms with E-state index < -0.39 is 6.10 Å². The fraction of sp³-hybridized carbons (Fsp3) is 0.300. The van der Waals surface area contributed by atoms with E-state index in [2.05, 4.69) is 10.6 Å². The Balaban J connectivity index is 0.00000210. The predicted molar refractivity (Wildman–Crippen MR) is 108 cm³/mol. The highest BCUT2D eigenvalue weighted by Gasteiger charge is 2.25. The van der Waals surface area contributed by atoms with E-state index in [1.807, 2.05) is 41.0 Å². The number of carbonyl (C=O) groups excluding carboxylic acids is 1. The van der Waals surface area contributed by atoms with Crippen molar-refractivity contribution in [1.29, 1.82) is 0 Å². The number of amides is 1. The second-order valence-electron chi connectivity index (χ2n) is 6.74. The molecule has 0 spiro atoms. The largest absolute Gasteiger partial charge is 0.391 e. The van der Waals surface area contributed by atoms with Gasteiger partial charge in [-0.05, 0) is 24.3 Å². The van der Waals surface area contributed by atoms with Crippen LogP contribution in [0.1, 0.15) is 0 Å². The Labute approximate surface area is 162 Å². The topological polar surface area (TPSA) is 83.4 Å². The van der Waals surface area contributed by atoms with E-state index in [4.69, 9.17) is 0 Å². The van der Waals surface area contributed by atoms with Crippen molar-refractivity contribution < 1.29 is 9.90 Å². The van der Waals surface area contributed by atoms with Crippen LogP contribution in [0.25, 0.3) is 21.8 Å². The Morgan fingerprint density at radius 2 is 1.67 bits per heavy atom. The number of nitrogens with zero attached hydrogens (tertiary/aromatic N) is 1. The van der Waals surface area contributed by atoms with Crippen molar-refractivity contribution in [1.82, 2.24) is 15.2 Å². The molecule has 2 aromatic carbocycles. The zero-order valence-electron chi connectivity index (χ0n) is 14.7. The summed E-state index contributed by atoms with van der Waals surface area (Å²) >= 11 is 0. The number of nitrogens with one attached hydrogen (secondary N) is 2. The Morgan fingerprint density at radius 3 is 2.22 bits per heavy atom. The highest BCUT2D eigenvalue weighted by molar-refractivity contribution is 5.94. The van der Waals surface area contributed by atoms with Crippen molar-refractivity contribution in [2.45, 2.75) is 12.6 Å². The lowest BCUT2D eigenvalue weighted by molar-refractivity contribution is -0.121. The number of hydrogen-bond donors (Lipinski definition) is 3. The molecule has 1 saturated heterocycles. The lowest BCUT2D eigenvalue weighted by Gasteiger charge is -2.17. The van der Waals surface area contributed by atoms with Gasteiger partial charge in [-0.3, -0.25) is 9.59 Å². The first-order valence-electron chi connectivity index (χ1n) is 8.81. The number of aliphatic hydroxyl groups excluding tert-OH is 1. The third-order valence-corrected chi connectivity index (χ3v) is 5.05. The Hall–Kier alpha value is -2.41. The number of β-amino-alcohol motifs (C(OH)–C–C–N with tert-alkyl or cyclic N) is 1. The van der Waals surface area contributed by atoms with E-state index >= 15 is 0 Å². The molecule has 2 atom stereocenters. The van der Waals surface area contributed by atoms with Gasteiger partial charge >= 0.3 is 0 Å². The summed E-state index contributed by atoms with van der Waals surface area (Å²) in [7, 11) is 0. The van der Waals surface area contributed by atoms with Crippen molar-refractivity contribution in [3.63, 3.8) is 0 Å². The number of pyridine rings is 1. The fourth-order valence-corrected chi connectivity index (χ4v) is 3.62. The van der Waals surface area contributed by atoms with Gasteiger partial charge in [-0.1, -0.05) is 24.3 Å². The summed E-state index contributed by atoms with van der Waals surface area (Å²) in [6.07, 6.45) is -0.427. The number of aliphatic hydroxyl groups is 1. The second kappa shape index (κ2) is 8.08. The van der Waals surface area contributed by atoms with E-state index in [0.29, 0.717) is 30.4 Å². The minimum Gasteiger partial charge on any atom is -0.391 e. The molecule has 142 valence electrons. The quantitative estimate of drug-likeness (QED) is 0.589. The molecule has 1 fully saturated rings. The lowest BCUT2D eigenvalue weighted by atomic mass is 10.1. The van der Waals surface area contributed by atoms with E-state index in [-0.39, 0.29) is 36.2 Å². The molecule has 1 aromatic heterocycles. The first-order valence-corrected chi connectivity index (χ1v) is 8.81. The van der Waals surface area contributed by atoms with Crippen molar-refractivity contribution in [3.8, 4) is 0 Å². The van der Waals surface area contributed by atoms with Crippen LogP contribution < -0.4 is 16.1 Å². The minimum absolute atomic E-state index is 0. The highest BCUT2D eigenvalue weighted by Crippen LogP contribution is 2.19. The van der Waals surface area contributed by atoms with E-state index in [1.54, 1.807) is 12.1 Å². The molecule has 1 aliphatic rings. The molecule has 7 heteroatoms. The molecule has 27 heavy (non-hydrogen) atoms. The van der Waals surface area contributed by atoms with Gasteiger partial charge in [0.15, 0.2) is 5.43 Å². The van der Waals surface area contributed by atoms with Crippen molar-refractivity contribution >= 4 is 40.1 Å². The zero-order chi connectivity index (χ0) is 18.1. The van der Waals surface area contributed by atoms with Crippen LogP contribution in [0.3, 0.4) is 0 Å². The maximum absolute atomic E-state index is 12.7. The van der Waals surface area contributed by atoms with E-state index in [9.17, 15) is 14.7 Å². The number of halogens is 1. The summed E-state index contributed by atoms with van der Waals surface area (Å²) in [5, 5.41) is 17.1. The Bertz CT molecular complexity index is 974. The molecule has 3 N–H and O–H groups in total. The number of aromatic nitrogens is 1. The monoisotopic (exact) mass is 387 g/mol. The van der Waals surface area contributed by atoms with Gasteiger partial charge in [-0.2, -0.15) is 0 Å². The standard InChI is InChI=1S/C20H21N3O3.ClH/c24-18-11-21-9-13(18)10-22-19(25)12-23-16-7-3-1-5-14(16)20(26)15-6-2-4-8-17(15)23;/h1-8,13,18,21,24H,9-12H2,(H,22,25);1H. The molecular weight excluding hydrogens is 366 g/mol. The summed E-state index contributed by atoms with van der Waals surface area (Å²) in [5.41, 5.74) is 1.47. The van der Waals surface area contributed by atoms with Crippen molar-refractivity contribution in [2.75, 3.05) is 19.6 Å². The van der Waals surface area contributed by atoms with Gasteiger partial charge in [0, 0.05) is 36.3 Å². The summed E-state index contributed by atoms with van der Waals surface area (Å²) in [6, 6.07) is 14.7. The third-order valence-electron chi connectivity index (χ3n) is 5.05. The molecule has 0 bridgehead atoms. The molecule has 3 aromatic rings. The number of fused-ring (bicyclic) bond motifs is 2. The smallest absolute Gasteiger partial charge is 0.239 e. The SMILES string of the molecule is Cl.O=C(Cn1c2ccccc2c(=O)c2ccccc21)NCC1CNCC1O. The van der Waals surface area contributed by atoms with Gasteiger partial charge in [-0.15, -0.1) is 12.4 Å². The molecule has 6 nitrogen and oxygen atoms in total. The average Bonchev–Trinajstić information content (AvgIpc) is 3.08. The van der Waals surface area contributed by atoms with Crippen LogP contribution in [-0.2, 0) is 11.3 Å². The molecule has 1 amide bonds. The summed E-state index contributed by atoms with van der Waals surface area (Å²) in [6.45, 7) is 1.82. The van der Waals surface area contributed by atoms with Crippen LogP contribution in [0.15, 0.2) is 53.3 Å². The highest BCUT2D eigenvalue weighted by atomic mass is 35.5. The van der Waals surface area contributed by atoms with Gasteiger partial charge < -0.3 is 20.3 Å². The third kappa shape index (κ3) is 3.69. The molecule has 1 aliphatic heterocycles. The number of para-hydroxylation sites is 2. The molecule has 0 radical (unpaired) electrons. The normalized spacial score (nSPS) is 19.1. The molecular formula is C20H22ClN3O3. The van der Waals surface area contributed by atoms with Crippen LogP contribution >= 0.6 is 12.4 Å². The maximum Gasteiger partial charge on any atom is 0.239 e. The van der Waals surface area contributed by atoms with Crippen molar-refractivity contribution in [3.05, 3.63) is 58.8 Å². The van der Waals surface area contributed by atoms with Crippen LogP contribution in [0.5, 0.6) is 0 Å². The number of rotatable bonds is 4. The maximum atomic E-state index is 12.7. The van der Waals surface area contributed by atoms with Crippen LogP contribution in [-0.4, -0.2) is 41.3 Å². The van der Waals surface area contributed by atoms with E-state index in [1.165, 1.54) is 0 Å². The van der Waals surface area contributed by atoms with Crippen LogP contribution in [0.2, 0.25) is 0 Å². The van der Waals surface area contributed by atoms with Gasteiger partial charge in [0.25, 0.3) is 0 Å². The Kier molecular flexibility index (Phi) is 5.79. The van der Waals surface area contributed by atoms with Crippen LogP contribution in [0, 0.1) is 5.92 Å². The number of hydrogen-bond acceptors (Lipinski definition) is 4. The molecule has 2 unspecified atom stereocenters. The molecule has 2 heterocycles. The van der Waals surface area contributed by atoms with Gasteiger partial charge in [0.2, 0.25) is 5.91 Å². The number of benzene rings is 2. The van der Waals surface area contributed by atoms with Gasteiger partial charge in [0.05, 0.1) is 17.1 Å². The Morgan fingerprint density at radius 1 is 1.07 bits per heavy atom. The number of carbonyl (C=O) groups is 1. The first-order chi connectivity index (χ1) is 12.6. The first kappa shape index (κ1) is 19.4. The van der Waals surface area contributed by atoms with Crippen LogP contribution in [0.4, 0.5) is 0 Å². The van der Waals surface area contributed by atoms with Gasteiger partial charge in [-0.25, -0.2) is 0 Å².